The summed E-state index contributed by atoms with van der Waals surface area (Å²) in [5, 5.41) is 3.01. The molecule has 1 heterocycles. The number of hydrogen-bond acceptors (Lipinski definition) is 2. The van der Waals surface area contributed by atoms with Crippen LogP contribution in [0.4, 0.5) is 5.69 Å². The molecule has 26 heavy (non-hydrogen) atoms. The van der Waals surface area contributed by atoms with Crippen LogP contribution in [0.1, 0.15) is 42.9 Å². The third-order valence-corrected chi connectivity index (χ3v) is 4.94. The zero-order chi connectivity index (χ0) is 18.5. The van der Waals surface area contributed by atoms with E-state index in [4.69, 9.17) is 0 Å². The number of carbonyl (C=O) groups excluding carboxylic acids is 2. The Kier molecular flexibility index (Phi) is 5.71. The number of nitrogens with one attached hydrogen (secondary N) is 1. The highest BCUT2D eigenvalue weighted by Crippen LogP contribution is 2.29. The summed E-state index contributed by atoms with van der Waals surface area (Å²) in [6, 6.07) is 15.6. The molecule has 0 fully saturated rings. The third-order valence-electron chi connectivity index (χ3n) is 4.94. The van der Waals surface area contributed by atoms with Crippen LogP contribution in [0.2, 0.25) is 0 Å². The normalized spacial score (nSPS) is 15.2. The second-order valence-electron chi connectivity index (χ2n) is 6.87. The quantitative estimate of drug-likeness (QED) is 0.893. The first-order chi connectivity index (χ1) is 12.6. The van der Waals surface area contributed by atoms with Crippen molar-refractivity contribution in [1.29, 1.82) is 0 Å². The van der Waals surface area contributed by atoms with Crippen molar-refractivity contribution in [2.24, 2.45) is 0 Å². The largest absolute Gasteiger partial charge is 0.350 e. The number of hydrogen-bond donors (Lipinski definition) is 1. The van der Waals surface area contributed by atoms with E-state index in [1.165, 1.54) is 5.56 Å². The van der Waals surface area contributed by atoms with Crippen LogP contribution < -0.4 is 10.2 Å². The second kappa shape index (κ2) is 8.17. The van der Waals surface area contributed by atoms with Crippen LogP contribution in [0.25, 0.3) is 0 Å². The fraction of sp³-hybridized carbons (Fsp3) is 0.364. The smallest absolute Gasteiger partial charge is 0.243 e. The van der Waals surface area contributed by atoms with Crippen LogP contribution >= 0.6 is 0 Å². The Bertz CT molecular complexity index is 783. The lowest BCUT2D eigenvalue weighted by atomic mass is 10.1. The van der Waals surface area contributed by atoms with E-state index >= 15 is 0 Å². The lowest BCUT2D eigenvalue weighted by Crippen LogP contribution is -2.49. The molecule has 0 aromatic heterocycles. The summed E-state index contributed by atoms with van der Waals surface area (Å²) in [6.07, 6.45) is 2.77. The van der Waals surface area contributed by atoms with E-state index in [1.807, 2.05) is 56.3 Å². The monoisotopic (exact) mass is 350 g/mol. The van der Waals surface area contributed by atoms with E-state index in [0.29, 0.717) is 19.4 Å². The van der Waals surface area contributed by atoms with E-state index in [-0.39, 0.29) is 11.8 Å². The van der Waals surface area contributed by atoms with Crippen LogP contribution in [0, 0.1) is 6.92 Å². The Morgan fingerprint density at radius 3 is 2.58 bits per heavy atom. The maximum atomic E-state index is 12.9. The molecular formula is C22H26N2O2. The predicted octanol–water partition coefficient (Wildman–Crippen LogP) is 3.76. The van der Waals surface area contributed by atoms with Crippen LogP contribution in [-0.4, -0.2) is 17.9 Å². The molecule has 1 aliphatic heterocycles. The standard InChI is InChI=1S/C22H26N2O2/c1-3-19(22(26)23-15-17-13-11-16(2)12-14-17)24-20-9-5-4-7-18(20)8-6-10-21(24)25/h4-5,7,9,11-14,19H,3,6,8,10,15H2,1-2H3,(H,23,26)/t19-/m1/s1. The maximum Gasteiger partial charge on any atom is 0.243 e. The number of benzene rings is 2. The summed E-state index contributed by atoms with van der Waals surface area (Å²) in [6.45, 7) is 4.47. The van der Waals surface area contributed by atoms with E-state index in [2.05, 4.69) is 11.4 Å². The van der Waals surface area contributed by atoms with Crippen molar-refractivity contribution in [2.45, 2.75) is 52.1 Å². The average molecular weight is 350 g/mol. The van der Waals surface area contributed by atoms with Crippen molar-refractivity contribution in [2.75, 3.05) is 4.90 Å². The highest BCUT2D eigenvalue weighted by atomic mass is 16.2. The van der Waals surface area contributed by atoms with Crippen molar-refractivity contribution >= 4 is 17.5 Å². The van der Waals surface area contributed by atoms with Crippen LogP contribution in [0.3, 0.4) is 0 Å². The van der Waals surface area contributed by atoms with Gasteiger partial charge in [0.2, 0.25) is 11.8 Å². The van der Waals surface area contributed by atoms with Crippen LogP contribution in [0.15, 0.2) is 48.5 Å². The van der Waals surface area contributed by atoms with E-state index in [9.17, 15) is 9.59 Å². The van der Waals surface area contributed by atoms with Gasteiger partial charge in [-0.2, -0.15) is 0 Å². The molecule has 2 aromatic carbocycles. The minimum atomic E-state index is -0.479. The zero-order valence-corrected chi connectivity index (χ0v) is 15.5. The van der Waals surface area contributed by atoms with Crippen molar-refractivity contribution in [3.05, 3.63) is 65.2 Å². The molecule has 4 nitrogen and oxygen atoms in total. The molecule has 136 valence electrons. The molecular weight excluding hydrogens is 324 g/mol. The Hall–Kier alpha value is -2.62. The van der Waals surface area contributed by atoms with Crippen molar-refractivity contribution in [3.8, 4) is 0 Å². The number of fused-ring (bicyclic) bond motifs is 1. The average Bonchev–Trinajstić information content (AvgIpc) is 2.81. The minimum Gasteiger partial charge on any atom is -0.350 e. The highest BCUT2D eigenvalue weighted by Gasteiger charge is 2.32. The molecule has 0 radical (unpaired) electrons. The molecule has 1 N–H and O–H groups in total. The molecule has 0 saturated carbocycles. The summed E-state index contributed by atoms with van der Waals surface area (Å²) in [7, 11) is 0. The zero-order valence-electron chi connectivity index (χ0n) is 15.5. The van der Waals surface area contributed by atoms with Crippen molar-refractivity contribution < 1.29 is 9.59 Å². The van der Waals surface area contributed by atoms with E-state index in [0.717, 1.165) is 29.7 Å². The van der Waals surface area contributed by atoms with E-state index < -0.39 is 6.04 Å². The summed E-state index contributed by atoms with van der Waals surface area (Å²) >= 11 is 0. The van der Waals surface area contributed by atoms with Gasteiger partial charge in [0.05, 0.1) is 0 Å². The molecule has 0 spiro atoms. The Morgan fingerprint density at radius 1 is 1.12 bits per heavy atom. The lowest BCUT2D eigenvalue weighted by Gasteiger charge is -2.30. The maximum absolute atomic E-state index is 12.9. The van der Waals surface area contributed by atoms with Gasteiger partial charge in [-0.25, -0.2) is 0 Å². The first-order valence-corrected chi connectivity index (χ1v) is 9.33. The van der Waals surface area contributed by atoms with Crippen molar-refractivity contribution in [1.82, 2.24) is 5.32 Å². The number of aryl methyl sites for hydroxylation is 2. The number of nitrogens with zero attached hydrogens (tertiary/aromatic N) is 1. The van der Waals surface area contributed by atoms with Gasteiger partial charge in [-0.15, -0.1) is 0 Å². The molecule has 0 bridgehead atoms. The van der Waals surface area contributed by atoms with Gasteiger partial charge in [0, 0.05) is 18.7 Å². The molecule has 3 rings (SSSR count). The van der Waals surface area contributed by atoms with Gasteiger partial charge in [0.1, 0.15) is 6.04 Å². The molecule has 4 heteroatoms. The third kappa shape index (κ3) is 3.96. The molecule has 1 aliphatic rings. The summed E-state index contributed by atoms with van der Waals surface area (Å²) in [4.78, 5) is 27.3. The van der Waals surface area contributed by atoms with Gasteiger partial charge in [-0.05, 0) is 43.4 Å². The van der Waals surface area contributed by atoms with Gasteiger partial charge in [0.25, 0.3) is 0 Å². The topological polar surface area (TPSA) is 49.4 Å². The number of anilines is 1. The summed E-state index contributed by atoms with van der Waals surface area (Å²) in [5.41, 5.74) is 4.27. The number of carbonyl (C=O) groups is 2. The minimum absolute atomic E-state index is 0.0345. The summed E-state index contributed by atoms with van der Waals surface area (Å²) < 4.78 is 0. The van der Waals surface area contributed by atoms with Crippen molar-refractivity contribution in [3.63, 3.8) is 0 Å². The fourth-order valence-electron chi connectivity index (χ4n) is 3.48. The molecule has 0 saturated heterocycles. The SMILES string of the molecule is CC[C@H](C(=O)NCc1ccc(C)cc1)N1C(=O)CCCc2ccccc21. The van der Waals surface area contributed by atoms with Gasteiger partial charge < -0.3 is 5.32 Å². The molecule has 1 atom stereocenters. The van der Waals surface area contributed by atoms with Gasteiger partial charge in [-0.3, -0.25) is 14.5 Å². The first-order valence-electron chi connectivity index (χ1n) is 9.33. The molecule has 0 aliphatic carbocycles. The lowest BCUT2D eigenvalue weighted by molar-refractivity contribution is -0.126. The van der Waals surface area contributed by atoms with Gasteiger partial charge in [0.15, 0.2) is 0 Å². The molecule has 0 unspecified atom stereocenters. The van der Waals surface area contributed by atoms with E-state index in [1.54, 1.807) is 4.90 Å². The second-order valence-corrected chi connectivity index (χ2v) is 6.87. The fourth-order valence-corrected chi connectivity index (χ4v) is 3.48. The Labute approximate surface area is 155 Å². The van der Waals surface area contributed by atoms with Gasteiger partial charge >= 0.3 is 0 Å². The number of amides is 2. The number of rotatable bonds is 5. The number of para-hydroxylation sites is 1. The molecule has 2 aromatic rings. The first kappa shape index (κ1) is 18.2. The van der Waals surface area contributed by atoms with Crippen LogP contribution in [-0.2, 0) is 22.6 Å². The molecule has 2 amide bonds. The van der Waals surface area contributed by atoms with Crippen LogP contribution in [0.5, 0.6) is 0 Å². The Morgan fingerprint density at radius 2 is 1.85 bits per heavy atom. The predicted molar refractivity (Wildman–Crippen MR) is 104 cm³/mol. The van der Waals surface area contributed by atoms with Gasteiger partial charge in [-0.1, -0.05) is 55.0 Å². The highest BCUT2D eigenvalue weighted by molar-refractivity contribution is 6.01. The Balaban J connectivity index is 1.79. The summed E-state index contributed by atoms with van der Waals surface area (Å²) in [5.74, 6) is -0.0644.